The first-order valence-electron chi connectivity index (χ1n) is 8.97. The molecule has 0 aliphatic carbocycles. The quantitative estimate of drug-likeness (QED) is 0.617. The van der Waals surface area contributed by atoms with Gasteiger partial charge in [-0.25, -0.2) is 4.39 Å². The summed E-state index contributed by atoms with van der Waals surface area (Å²) in [5.74, 6) is 2.79. The normalized spacial score (nSPS) is 11.4. The Morgan fingerprint density at radius 2 is 1.89 bits per heavy atom. The van der Waals surface area contributed by atoms with Gasteiger partial charge in [0.05, 0.1) is 7.11 Å². The smallest absolute Gasteiger partial charge is 0.248 e. The number of terminal acetylenes is 1. The number of methoxy groups -OCH3 is 1. The van der Waals surface area contributed by atoms with Gasteiger partial charge in [-0.1, -0.05) is 24.1 Å². The molecule has 0 aliphatic heterocycles. The van der Waals surface area contributed by atoms with Crippen LogP contribution < -0.4 is 14.8 Å². The van der Waals surface area contributed by atoms with E-state index in [2.05, 4.69) is 11.2 Å². The molecule has 0 bridgehead atoms. The highest BCUT2D eigenvalue weighted by atomic mass is 19.1. The number of benzene rings is 2. The van der Waals surface area contributed by atoms with Crippen LogP contribution in [0, 0.1) is 18.2 Å². The molecule has 6 heteroatoms. The highest BCUT2D eigenvalue weighted by molar-refractivity contribution is 5.80. The van der Waals surface area contributed by atoms with Gasteiger partial charge in [-0.3, -0.25) is 4.79 Å². The van der Waals surface area contributed by atoms with Crippen LogP contribution in [0.1, 0.15) is 17.5 Å². The number of halogens is 1. The maximum atomic E-state index is 12.9. The molecule has 0 unspecified atom stereocenters. The molecule has 2 aromatic carbocycles. The van der Waals surface area contributed by atoms with E-state index in [0.717, 1.165) is 11.1 Å². The maximum absolute atomic E-state index is 12.9. The number of nitrogens with one attached hydrogen (secondary N) is 1. The predicted octanol–water partition coefficient (Wildman–Crippen LogP) is 2.50. The van der Waals surface area contributed by atoms with Crippen molar-refractivity contribution in [1.29, 1.82) is 0 Å². The molecule has 0 saturated carbocycles. The topological polar surface area (TPSA) is 67.8 Å². The second-order valence-corrected chi connectivity index (χ2v) is 6.20. The van der Waals surface area contributed by atoms with E-state index in [1.54, 1.807) is 25.3 Å². The minimum Gasteiger partial charge on any atom is -0.493 e. The molecule has 0 spiro atoms. The Balaban J connectivity index is 1.77. The van der Waals surface area contributed by atoms with Crippen molar-refractivity contribution in [3.8, 4) is 23.8 Å². The molecule has 1 amide bonds. The van der Waals surface area contributed by atoms with Gasteiger partial charge in [0.1, 0.15) is 18.5 Å². The number of hydrogen-bond acceptors (Lipinski definition) is 4. The van der Waals surface area contributed by atoms with E-state index in [-0.39, 0.29) is 18.8 Å². The fourth-order valence-electron chi connectivity index (χ4n) is 2.64. The second-order valence-electron chi connectivity index (χ2n) is 6.20. The average Bonchev–Trinajstić information content (AvgIpc) is 2.71. The number of hydrogen-bond donors (Lipinski definition) is 2. The molecule has 0 saturated heterocycles. The molecule has 0 fully saturated rings. The summed E-state index contributed by atoms with van der Waals surface area (Å²) in [4.78, 5) is 12.0. The zero-order valence-electron chi connectivity index (χ0n) is 15.8. The number of carbonyl (C=O) groups excluding carboxylic acids is 1. The third kappa shape index (κ3) is 6.60. The number of ether oxygens (including phenoxy) is 2. The van der Waals surface area contributed by atoms with Gasteiger partial charge in [-0.2, -0.15) is 0 Å². The van der Waals surface area contributed by atoms with Crippen LogP contribution in [0.4, 0.5) is 4.39 Å². The van der Waals surface area contributed by atoms with Crippen LogP contribution >= 0.6 is 0 Å². The van der Waals surface area contributed by atoms with Crippen molar-refractivity contribution in [2.75, 3.05) is 20.3 Å². The van der Waals surface area contributed by atoms with Gasteiger partial charge < -0.3 is 19.9 Å². The van der Waals surface area contributed by atoms with Crippen molar-refractivity contribution < 1.29 is 23.8 Å². The molecule has 2 N–H and O–H groups in total. The SMILES string of the molecule is C#CCOc1ccc(CCNC(=O)[C@@H](O)CCc2ccc(F)cc2)cc1OC. The number of aliphatic hydroxyl groups excluding tert-OH is 1. The van der Waals surface area contributed by atoms with Crippen LogP contribution in [0.25, 0.3) is 0 Å². The molecular weight excluding hydrogens is 361 g/mol. The summed E-state index contributed by atoms with van der Waals surface area (Å²) < 4.78 is 23.6. The lowest BCUT2D eigenvalue weighted by atomic mass is 10.1. The summed E-state index contributed by atoms with van der Waals surface area (Å²) in [7, 11) is 1.54. The Kier molecular flexibility index (Phi) is 8.32. The molecule has 0 aromatic heterocycles. The van der Waals surface area contributed by atoms with Gasteiger partial charge >= 0.3 is 0 Å². The van der Waals surface area contributed by atoms with Gasteiger partial charge in [0.2, 0.25) is 5.91 Å². The lowest BCUT2D eigenvalue weighted by Crippen LogP contribution is -2.36. The minimum absolute atomic E-state index is 0.154. The Hall–Kier alpha value is -3.04. The van der Waals surface area contributed by atoms with Crippen molar-refractivity contribution in [3.05, 3.63) is 59.4 Å². The van der Waals surface area contributed by atoms with Gasteiger partial charge in [0.15, 0.2) is 11.5 Å². The lowest BCUT2D eigenvalue weighted by molar-refractivity contribution is -0.129. The van der Waals surface area contributed by atoms with Crippen molar-refractivity contribution in [2.45, 2.75) is 25.4 Å². The lowest BCUT2D eigenvalue weighted by Gasteiger charge is -2.13. The van der Waals surface area contributed by atoms with Crippen molar-refractivity contribution in [1.82, 2.24) is 5.32 Å². The van der Waals surface area contributed by atoms with Crippen LogP contribution in [0.15, 0.2) is 42.5 Å². The molecule has 1 atom stereocenters. The summed E-state index contributed by atoms with van der Waals surface area (Å²) in [6, 6.07) is 11.5. The average molecular weight is 385 g/mol. The van der Waals surface area contributed by atoms with Crippen molar-refractivity contribution >= 4 is 5.91 Å². The summed E-state index contributed by atoms with van der Waals surface area (Å²) in [6.45, 7) is 0.529. The van der Waals surface area contributed by atoms with E-state index in [1.165, 1.54) is 12.1 Å². The zero-order chi connectivity index (χ0) is 20.4. The highest BCUT2D eigenvalue weighted by Gasteiger charge is 2.14. The van der Waals surface area contributed by atoms with E-state index in [4.69, 9.17) is 15.9 Å². The molecule has 148 valence electrons. The van der Waals surface area contributed by atoms with E-state index < -0.39 is 12.0 Å². The van der Waals surface area contributed by atoms with Crippen LogP contribution in [0.5, 0.6) is 11.5 Å². The predicted molar refractivity (Wildman–Crippen MR) is 105 cm³/mol. The first kappa shape index (κ1) is 21.3. The molecule has 2 aromatic rings. The van der Waals surface area contributed by atoms with Gasteiger partial charge in [-0.15, -0.1) is 6.42 Å². The molecule has 5 nitrogen and oxygen atoms in total. The molecule has 0 aliphatic rings. The zero-order valence-corrected chi connectivity index (χ0v) is 15.8. The summed E-state index contributed by atoms with van der Waals surface area (Å²) >= 11 is 0. The van der Waals surface area contributed by atoms with Gasteiger partial charge in [-0.05, 0) is 54.7 Å². The summed E-state index contributed by atoms with van der Waals surface area (Å²) in [6.07, 6.45) is 5.41. The molecule has 0 heterocycles. The standard InChI is InChI=1S/C22H24FNO4/c1-3-14-28-20-11-7-17(15-21(20)27-2)12-13-24-22(26)19(25)10-6-16-4-8-18(23)9-5-16/h1,4-5,7-9,11,15,19,25H,6,10,12-14H2,2H3,(H,24,26)/t19-/m0/s1. The Labute approximate surface area is 164 Å². The van der Waals surface area contributed by atoms with E-state index in [1.807, 2.05) is 12.1 Å². The number of aryl methyl sites for hydroxylation is 1. The van der Waals surface area contributed by atoms with Crippen LogP contribution in [-0.2, 0) is 17.6 Å². The Bertz CT molecular complexity index is 814. The highest BCUT2D eigenvalue weighted by Crippen LogP contribution is 2.28. The fourth-order valence-corrected chi connectivity index (χ4v) is 2.64. The molecule has 2 rings (SSSR count). The van der Waals surface area contributed by atoms with Crippen molar-refractivity contribution in [2.24, 2.45) is 0 Å². The number of carbonyl (C=O) groups is 1. The second kappa shape index (κ2) is 11.0. The third-order valence-electron chi connectivity index (χ3n) is 4.17. The summed E-state index contributed by atoms with van der Waals surface area (Å²) in [5, 5.41) is 12.7. The van der Waals surface area contributed by atoms with Crippen molar-refractivity contribution in [3.63, 3.8) is 0 Å². The maximum Gasteiger partial charge on any atom is 0.248 e. The number of amides is 1. The minimum atomic E-state index is -1.11. The fraction of sp³-hybridized carbons (Fsp3) is 0.318. The van der Waals surface area contributed by atoms with Crippen LogP contribution in [0.2, 0.25) is 0 Å². The number of aliphatic hydroxyl groups is 1. The molecule has 28 heavy (non-hydrogen) atoms. The van der Waals surface area contributed by atoms with Crippen LogP contribution in [-0.4, -0.2) is 37.4 Å². The molecule has 0 radical (unpaired) electrons. The first-order valence-corrected chi connectivity index (χ1v) is 8.97. The van der Waals surface area contributed by atoms with Crippen LogP contribution in [0.3, 0.4) is 0 Å². The Morgan fingerprint density at radius 1 is 1.18 bits per heavy atom. The van der Waals surface area contributed by atoms with E-state index >= 15 is 0 Å². The number of rotatable bonds is 10. The first-order chi connectivity index (χ1) is 13.5. The third-order valence-corrected chi connectivity index (χ3v) is 4.17. The molecular formula is C22H24FNO4. The van der Waals surface area contributed by atoms with Gasteiger partial charge in [0.25, 0.3) is 0 Å². The monoisotopic (exact) mass is 385 g/mol. The van der Waals surface area contributed by atoms with E-state index in [0.29, 0.717) is 30.9 Å². The van der Waals surface area contributed by atoms with E-state index in [9.17, 15) is 14.3 Å². The van der Waals surface area contributed by atoms with Gasteiger partial charge in [0, 0.05) is 6.54 Å². The summed E-state index contributed by atoms with van der Waals surface area (Å²) in [5.41, 5.74) is 1.82. The Morgan fingerprint density at radius 3 is 2.57 bits per heavy atom. The largest absolute Gasteiger partial charge is 0.493 e.